The molecule has 0 spiro atoms. The Kier molecular flexibility index (Phi) is 4.22. The highest BCUT2D eigenvalue weighted by molar-refractivity contribution is 6.68. The molecule has 5 nitrogen and oxygen atoms in total. The Morgan fingerprint density at radius 3 is 2.50 bits per heavy atom. The smallest absolute Gasteiger partial charge is 0.271 e. The first kappa shape index (κ1) is 14.3. The molecule has 0 saturated heterocycles. The minimum atomic E-state index is -0.630. The molecule has 0 aliphatic rings. The molecule has 0 bridgehead atoms. The fourth-order valence-electron chi connectivity index (χ4n) is 1.63. The lowest BCUT2D eigenvalue weighted by atomic mass is 10.2. The molecule has 7 heteroatoms. The highest BCUT2D eigenvalue weighted by Crippen LogP contribution is 2.31. The van der Waals surface area contributed by atoms with Crippen LogP contribution in [0, 0.1) is 10.1 Å². The fraction of sp³-hybridized carbons (Fsp3) is 0. The van der Waals surface area contributed by atoms with Gasteiger partial charge < -0.3 is 5.32 Å². The number of nitrogens with one attached hydrogen (secondary N) is 1. The summed E-state index contributed by atoms with van der Waals surface area (Å²) < 4.78 is 0. The van der Waals surface area contributed by atoms with Gasteiger partial charge in [-0.2, -0.15) is 0 Å². The fourth-order valence-corrected chi connectivity index (χ4v) is 1.96. The van der Waals surface area contributed by atoms with E-state index in [1.807, 2.05) is 0 Å². The summed E-state index contributed by atoms with van der Waals surface area (Å²) in [6, 6.07) is 10.5. The molecule has 0 saturated carbocycles. The van der Waals surface area contributed by atoms with Crippen molar-refractivity contribution in [1.29, 1.82) is 0 Å². The van der Waals surface area contributed by atoms with Crippen LogP contribution < -0.4 is 5.32 Å². The zero-order chi connectivity index (χ0) is 14.7. The maximum absolute atomic E-state index is 11.3. The van der Waals surface area contributed by atoms with Crippen LogP contribution in [0.1, 0.15) is 10.4 Å². The van der Waals surface area contributed by atoms with Crippen molar-refractivity contribution >= 4 is 45.5 Å². The van der Waals surface area contributed by atoms with E-state index in [-0.39, 0.29) is 11.3 Å². The number of nitro groups is 1. The minimum absolute atomic E-state index is 0.105. The number of carbonyl (C=O) groups excluding carboxylic acids is 1. The van der Waals surface area contributed by atoms with Gasteiger partial charge in [-0.05, 0) is 29.8 Å². The molecule has 0 radical (unpaired) electrons. The molecule has 1 N–H and O–H groups in total. The van der Waals surface area contributed by atoms with Gasteiger partial charge in [0.1, 0.15) is 0 Å². The van der Waals surface area contributed by atoms with E-state index in [1.54, 1.807) is 24.3 Å². The number of para-hydroxylation sites is 1. The highest BCUT2D eigenvalue weighted by atomic mass is 35.5. The van der Waals surface area contributed by atoms with Gasteiger partial charge in [0.15, 0.2) is 0 Å². The predicted octanol–water partition coefficient (Wildman–Crippen LogP) is 4.37. The molecule has 2 aromatic rings. The van der Waals surface area contributed by atoms with Gasteiger partial charge in [-0.25, -0.2) is 0 Å². The molecule has 20 heavy (non-hydrogen) atoms. The van der Waals surface area contributed by atoms with E-state index in [2.05, 4.69) is 5.32 Å². The number of benzene rings is 2. The average molecular weight is 311 g/mol. The molecule has 0 aromatic heterocycles. The van der Waals surface area contributed by atoms with Crippen LogP contribution in [0.2, 0.25) is 5.02 Å². The van der Waals surface area contributed by atoms with E-state index in [0.29, 0.717) is 16.4 Å². The molecule has 0 aliphatic heterocycles. The second-order valence-electron chi connectivity index (χ2n) is 3.87. The Hall–Kier alpha value is -2.11. The van der Waals surface area contributed by atoms with Crippen LogP contribution in [-0.2, 0) is 0 Å². The minimum Gasteiger partial charge on any atom is -0.353 e. The van der Waals surface area contributed by atoms with Crippen molar-refractivity contribution in [3.63, 3.8) is 0 Å². The summed E-state index contributed by atoms with van der Waals surface area (Å²) in [6.45, 7) is 0. The van der Waals surface area contributed by atoms with E-state index in [9.17, 15) is 14.9 Å². The molecule has 0 fully saturated rings. The number of nitrogens with zero attached hydrogens (tertiary/aromatic N) is 1. The number of rotatable bonds is 4. The van der Waals surface area contributed by atoms with E-state index in [4.69, 9.17) is 23.2 Å². The predicted molar refractivity (Wildman–Crippen MR) is 78.0 cm³/mol. The van der Waals surface area contributed by atoms with E-state index >= 15 is 0 Å². The summed E-state index contributed by atoms with van der Waals surface area (Å²) in [5.41, 5.74) is 0.907. The van der Waals surface area contributed by atoms with Crippen molar-refractivity contribution in [3.8, 4) is 0 Å². The van der Waals surface area contributed by atoms with Gasteiger partial charge >= 0.3 is 0 Å². The van der Waals surface area contributed by atoms with Crippen LogP contribution in [0.3, 0.4) is 0 Å². The SMILES string of the molecule is O=C(Cl)c1ccccc1Nc1cc([N+](=O)[O-])ccc1Cl. The van der Waals surface area contributed by atoms with Crippen molar-refractivity contribution in [2.45, 2.75) is 0 Å². The maximum Gasteiger partial charge on any atom is 0.271 e. The quantitative estimate of drug-likeness (QED) is 0.517. The topological polar surface area (TPSA) is 72.2 Å². The average Bonchev–Trinajstić information content (AvgIpc) is 2.41. The van der Waals surface area contributed by atoms with Gasteiger partial charge in [0.25, 0.3) is 10.9 Å². The largest absolute Gasteiger partial charge is 0.353 e. The number of anilines is 2. The summed E-state index contributed by atoms with van der Waals surface area (Å²) in [5.74, 6) is 0. The summed E-state index contributed by atoms with van der Waals surface area (Å²) in [6.07, 6.45) is 0. The van der Waals surface area contributed by atoms with Crippen LogP contribution in [0.15, 0.2) is 42.5 Å². The van der Waals surface area contributed by atoms with Crippen LogP contribution in [0.4, 0.5) is 17.1 Å². The number of nitro benzene ring substituents is 1. The first-order valence-electron chi connectivity index (χ1n) is 5.49. The highest BCUT2D eigenvalue weighted by Gasteiger charge is 2.13. The third kappa shape index (κ3) is 3.07. The van der Waals surface area contributed by atoms with Gasteiger partial charge in [0, 0.05) is 12.1 Å². The third-order valence-corrected chi connectivity index (χ3v) is 3.10. The molecule has 0 aliphatic carbocycles. The summed E-state index contributed by atoms with van der Waals surface area (Å²) in [7, 11) is 0. The lowest BCUT2D eigenvalue weighted by Gasteiger charge is -2.10. The van der Waals surface area contributed by atoms with E-state index < -0.39 is 10.2 Å². The molecule has 2 rings (SSSR count). The van der Waals surface area contributed by atoms with Gasteiger partial charge in [-0.1, -0.05) is 23.7 Å². The lowest BCUT2D eigenvalue weighted by Crippen LogP contribution is -1.99. The van der Waals surface area contributed by atoms with Crippen LogP contribution in [-0.4, -0.2) is 10.2 Å². The monoisotopic (exact) mass is 310 g/mol. The molecule has 0 amide bonds. The Bertz CT molecular complexity index is 689. The van der Waals surface area contributed by atoms with Crippen molar-refractivity contribution in [2.75, 3.05) is 5.32 Å². The second-order valence-corrected chi connectivity index (χ2v) is 4.62. The van der Waals surface area contributed by atoms with Gasteiger partial charge in [0.2, 0.25) is 0 Å². The summed E-state index contributed by atoms with van der Waals surface area (Å²) in [4.78, 5) is 21.5. The molecule has 0 heterocycles. The maximum atomic E-state index is 11.3. The van der Waals surface area contributed by atoms with Crippen molar-refractivity contribution < 1.29 is 9.72 Å². The first-order chi connectivity index (χ1) is 9.49. The Labute approximate surface area is 124 Å². The van der Waals surface area contributed by atoms with Crippen LogP contribution >= 0.6 is 23.2 Å². The molecular formula is C13H8Cl2N2O3. The first-order valence-corrected chi connectivity index (χ1v) is 6.24. The van der Waals surface area contributed by atoms with Gasteiger partial charge in [0.05, 0.1) is 26.9 Å². The lowest BCUT2D eigenvalue weighted by molar-refractivity contribution is -0.384. The number of hydrogen-bond donors (Lipinski definition) is 1. The van der Waals surface area contributed by atoms with Crippen LogP contribution in [0.5, 0.6) is 0 Å². The van der Waals surface area contributed by atoms with Crippen molar-refractivity contribution in [3.05, 3.63) is 63.2 Å². The number of non-ortho nitro benzene ring substituents is 1. The number of hydrogen-bond acceptors (Lipinski definition) is 4. The molecule has 0 atom stereocenters. The van der Waals surface area contributed by atoms with Crippen molar-refractivity contribution in [1.82, 2.24) is 0 Å². The Morgan fingerprint density at radius 2 is 1.85 bits per heavy atom. The van der Waals surface area contributed by atoms with Crippen molar-refractivity contribution in [2.24, 2.45) is 0 Å². The van der Waals surface area contributed by atoms with E-state index in [0.717, 1.165) is 0 Å². The second kappa shape index (κ2) is 5.90. The van der Waals surface area contributed by atoms with Gasteiger partial charge in [-0.15, -0.1) is 0 Å². The molecule has 2 aromatic carbocycles. The summed E-state index contributed by atoms with van der Waals surface area (Å²) in [5, 5.41) is 13.3. The Morgan fingerprint density at radius 1 is 1.15 bits per heavy atom. The van der Waals surface area contributed by atoms with Gasteiger partial charge in [-0.3, -0.25) is 14.9 Å². The zero-order valence-electron chi connectivity index (χ0n) is 9.97. The zero-order valence-corrected chi connectivity index (χ0v) is 11.5. The normalized spacial score (nSPS) is 10.1. The summed E-state index contributed by atoms with van der Waals surface area (Å²) >= 11 is 11.5. The van der Waals surface area contributed by atoms with Crippen LogP contribution in [0.25, 0.3) is 0 Å². The standard InChI is InChI=1S/C13H8Cl2N2O3/c14-10-6-5-8(17(19)20)7-12(10)16-11-4-2-1-3-9(11)13(15)18/h1-7,16H. The third-order valence-electron chi connectivity index (χ3n) is 2.57. The molecule has 102 valence electrons. The number of halogens is 2. The van der Waals surface area contributed by atoms with E-state index in [1.165, 1.54) is 18.2 Å². The Balaban J connectivity index is 2.42. The number of carbonyl (C=O) groups is 1. The molecular weight excluding hydrogens is 303 g/mol. The molecule has 0 unspecified atom stereocenters.